The van der Waals surface area contributed by atoms with E-state index in [1.807, 2.05) is 18.2 Å². The molecule has 2 rings (SSSR count). The van der Waals surface area contributed by atoms with Crippen LogP contribution in [0.5, 0.6) is 5.75 Å². The van der Waals surface area contributed by atoms with E-state index in [1.54, 1.807) is 0 Å². The van der Waals surface area contributed by atoms with E-state index in [-0.39, 0.29) is 5.60 Å². The van der Waals surface area contributed by atoms with Crippen molar-refractivity contribution >= 4 is 11.4 Å². The van der Waals surface area contributed by atoms with Crippen LogP contribution in [0.15, 0.2) is 18.2 Å². The van der Waals surface area contributed by atoms with Crippen LogP contribution in [-0.2, 0) is 0 Å². The van der Waals surface area contributed by atoms with Crippen LogP contribution in [0.1, 0.15) is 46.5 Å². The maximum absolute atomic E-state index is 6.29. The minimum Gasteiger partial charge on any atom is -0.483 e. The van der Waals surface area contributed by atoms with Crippen LogP contribution >= 0.6 is 0 Å². The van der Waals surface area contributed by atoms with Gasteiger partial charge in [-0.1, -0.05) is 33.3 Å². The number of nitrogen functional groups attached to an aromatic ring is 1. The Labute approximate surface area is 116 Å². The van der Waals surface area contributed by atoms with Crippen molar-refractivity contribution in [2.75, 3.05) is 23.7 Å². The average molecular weight is 262 g/mol. The number of anilines is 2. The summed E-state index contributed by atoms with van der Waals surface area (Å²) < 4.78 is 6.29. The molecule has 3 nitrogen and oxygen atoms in total. The number of ether oxygens (including phenoxy) is 1. The molecular formula is C16H26N2O. The van der Waals surface area contributed by atoms with Crippen molar-refractivity contribution < 1.29 is 4.74 Å². The van der Waals surface area contributed by atoms with Gasteiger partial charge in [0, 0.05) is 6.54 Å². The molecule has 106 valence electrons. The van der Waals surface area contributed by atoms with Gasteiger partial charge in [0.25, 0.3) is 0 Å². The number of unbranched alkanes of at least 4 members (excludes halogenated alkanes) is 1. The molecule has 1 aliphatic rings. The minimum absolute atomic E-state index is 0.0610. The molecule has 0 spiro atoms. The van der Waals surface area contributed by atoms with Crippen molar-refractivity contribution in [2.24, 2.45) is 0 Å². The Bertz CT molecular complexity index is 427. The summed E-state index contributed by atoms with van der Waals surface area (Å²) >= 11 is 0. The summed E-state index contributed by atoms with van der Waals surface area (Å²) in [4.78, 5) is 2.42. The second kappa shape index (κ2) is 5.72. The van der Waals surface area contributed by atoms with Crippen molar-refractivity contribution in [2.45, 2.75) is 52.1 Å². The molecule has 2 N–H and O–H groups in total. The number of hydrogen-bond donors (Lipinski definition) is 1. The fourth-order valence-electron chi connectivity index (χ4n) is 2.81. The number of nitrogens with zero attached hydrogens (tertiary/aromatic N) is 1. The third kappa shape index (κ3) is 2.65. The third-order valence-electron chi connectivity index (χ3n) is 4.22. The number of para-hydroxylation sites is 1. The number of benzene rings is 1. The second-order valence-electron chi connectivity index (χ2n) is 5.46. The van der Waals surface area contributed by atoms with Crippen LogP contribution in [-0.4, -0.2) is 18.7 Å². The lowest BCUT2D eigenvalue weighted by Gasteiger charge is -2.44. The van der Waals surface area contributed by atoms with Crippen LogP contribution in [0.2, 0.25) is 0 Å². The lowest BCUT2D eigenvalue weighted by Crippen LogP contribution is -2.50. The molecule has 1 heterocycles. The number of rotatable bonds is 5. The number of nitrogens with two attached hydrogens (primary N) is 1. The van der Waals surface area contributed by atoms with E-state index in [4.69, 9.17) is 10.5 Å². The van der Waals surface area contributed by atoms with Gasteiger partial charge in [0.05, 0.1) is 12.2 Å². The van der Waals surface area contributed by atoms with Crippen LogP contribution in [0.4, 0.5) is 11.4 Å². The molecule has 0 saturated heterocycles. The molecule has 0 fully saturated rings. The molecule has 0 aliphatic carbocycles. The average Bonchev–Trinajstić information content (AvgIpc) is 2.44. The molecule has 0 aromatic heterocycles. The van der Waals surface area contributed by atoms with Gasteiger partial charge in [-0.2, -0.15) is 0 Å². The highest BCUT2D eigenvalue weighted by atomic mass is 16.5. The molecule has 0 unspecified atom stereocenters. The predicted molar refractivity (Wildman–Crippen MR) is 81.9 cm³/mol. The van der Waals surface area contributed by atoms with E-state index in [0.717, 1.165) is 43.1 Å². The summed E-state index contributed by atoms with van der Waals surface area (Å²) in [5.74, 6) is 0.950. The predicted octanol–water partition coefficient (Wildman–Crippen LogP) is 3.83. The van der Waals surface area contributed by atoms with Gasteiger partial charge >= 0.3 is 0 Å². The number of hydrogen-bond acceptors (Lipinski definition) is 3. The van der Waals surface area contributed by atoms with Crippen molar-refractivity contribution in [3.63, 3.8) is 0 Å². The highest BCUT2D eigenvalue weighted by molar-refractivity contribution is 5.76. The number of fused-ring (bicyclic) bond motifs is 1. The SMILES string of the molecule is CCCCN1CC(CC)(CC)Oc2cccc(N)c21. The van der Waals surface area contributed by atoms with Crippen LogP contribution < -0.4 is 15.4 Å². The molecule has 0 radical (unpaired) electrons. The molecular weight excluding hydrogens is 236 g/mol. The molecule has 1 aromatic carbocycles. The highest BCUT2D eigenvalue weighted by Gasteiger charge is 2.37. The van der Waals surface area contributed by atoms with E-state index in [1.165, 1.54) is 12.8 Å². The normalized spacial score (nSPS) is 16.9. The Morgan fingerprint density at radius 1 is 1.26 bits per heavy atom. The fraction of sp³-hybridized carbons (Fsp3) is 0.625. The largest absolute Gasteiger partial charge is 0.483 e. The van der Waals surface area contributed by atoms with Gasteiger partial charge in [0.15, 0.2) is 0 Å². The lowest BCUT2D eigenvalue weighted by molar-refractivity contribution is 0.0575. The zero-order chi connectivity index (χ0) is 13.9. The second-order valence-corrected chi connectivity index (χ2v) is 5.46. The molecule has 0 saturated carbocycles. The zero-order valence-corrected chi connectivity index (χ0v) is 12.4. The third-order valence-corrected chi connectivity index (χ3v) is 4.22. The maximum Gasteiger partial charge on any atom is 0.145 e. The first kappa shape index (κ1) is 14.0. The molecule has 0 bridgehead atoms. The molecule has 0 amide bonds. The standard InChI is InChI=1S/C16H26N2O/c1-4-7-11-18-12-16(5-2,6-3)19-14-10-8-9-13(17)15(14)18/h8-10H,4-7,11-12,17H2,1-3H3. The first-order chi connectivity index (χ1) is 9.15. The maximum atomic E-state index is 6.29. The van der Waals surface area contributed by atoms with Gasteiger partial charge in [-0.25, -0.2) is 0 Å². The smallest absolute Gasteiger partial charge is 0.145 e. The fourth-order valence-corrected chi connectivity index (χ4v) is 2.81. The molecule has 0 atom stereocenters. The molecule has 1 aromatic rings. The first-order valence-corrected chi connectivity index (χ1v) is 7.48. The van der Waals surface area contributed by atoms with E-state index < -0.39 is 0 Å². The summed E-state index contributed by atoms with van der Waals surface area (Å²) in [6, 6.07) is 5.99. The van der Waals surface area contributed by atoms with E-state index in [9.17, 15) is 0 Å². The van der Waals surface area contributed by atoms with Crippen LogP contribution in [0.25, 0.3) is 0 Å². The Morgan fingerprint density at radius 3 is 2.63 bits per heavy atom. The van der Waals surface area contributed by atoms with E-state index in [0.29, 0.717) is 0 Å². The van der Waals surface area contributed by atoms with Gasteiger partial charge in [-0.3, -0.25) is 0 Å². The van der Waals surface area contributed by atoms with Crippen molar-refractivity contribution in [1.82, 2.24) is 0 Å². The minimum atomic E-state index is -0.0610. The Kier molecular flexibility index (Phi) is 4.23. The van der Waals surface area contributed by atoms with Crippen LogP contribution in [0, 0.1) is 0 Å². The molecule has 19 heavy (non-hydrogen) atoms. The summed E-state index contributed by atoms with van der Waals surface area (Å²) in [6.07, 6.45) is 4.45. The van der Waals surface area contributed by atoms with Crippen molar-refractivity contribution in [1.29, 1.82) is 0 Å². The lowest BCUT2D eigenvalue weighted by atomic mass is 9.93. The van der Waals surface area contributed by atoms with Gasteiger partial charge in [0.2, 0.25) is 0 Å². The molecule has 3 heteroatoms. The van der Waals surface area contributed by atoms with Gasteiger partial charge in [0.1, 0.15) is 17.0 Å². The van der Waals surface area contributed by atoms with Crippen molar-refractivity contribution in [3.8, 4) is 5.75 Å². The first-order valence-electron chi connectivity index (χ1n) is 7.48. The topological polar surface area (TPSA) is 38.5 Å². The molecule has 1 aliphatic heterocycles. The summed E-state index contributed by atoms with van der Waals surface area (Å²) in [7, 11) is 0. The van der Waals surface area contributed by atoms with Gasteiger partial charge < -0.3 is 15.4 Å². The zero-order valence-electron chi connectivity index (χ0n) is 12.4. The van der Waals surface area contributed by atoms with Gasteiger partial charge in [-0.05, 0) is 31.4 Å². The highest BCUT2D eigenvalue weighted by Crippen LogP contribution is 2.43. The Balaban J connectivity index is 2.37. The monoisotopic (exact) mass is 262 g/mol. The summed E-state index contributed by atoms with van der Waals surface area (Å²) in [5.41, 5.74) is 8.01. The Hall–Kier alpha value is -1.38. The van der Waals surface area contributed by atoms with Crippen LogP contribution in [0.3, 0.4) is 0 Å². The van der Waals surface area contributed by atoms with Gasteiger partial charge in [-0.15, -0.1) is 0 Å². The van der Waals surface area contributed by atoms with Crippen molar-refractivity contribution in [3.05, 3.63) is 18.2 Å². The Morgan fingerprint density at radius 2 is 2.00 bits per heavy atom. The summed E-state index contributed by atoms with van der Waals surface area (Å²) in [6.45, 7) is 8.64. The van der Waals surface area contributed by atoms with E-state index >= 15 is 0 Å². The van der Waals surface area contributed by atoms with E-state index in [2.05, 4.69) is 25.7 Å². The quantitative estimate of drug-likeness (QED) is 0.820. The summed E-state index contributed by atoms with van der Waals surface area (Å²) in [5, 5.41) is 0.